The Morgan fingerprint density at radius 2 is 1.73 bits per heavy atom. The van der Waals surface area contributed by atoms with Crippen molar-refractivity contribution in [3.8, 4) is 0 Å². The van der Waals surface area contributed by atoms with E-state index in [4.69, 9.17) is 0 Å². The van der Waals surface area contributed by atoms with Crippen LogP contribution >= 0.6 is 0 Å². The minimum atomic E-state index is 0.814. The molecule has 0 heterocycles. The van der Waals surface area contributed by atoms with Gasteiger partial charge in [0.15, 0.2) is 0 Å². The summed E-state index contributed by atoms with van der Waals surface area (Å²) in [7, 11) is 0. The van der Waals surface area contributed by atoms with Crippen LogP contribution in [0, 0.1) is 5.92 Å². The number of allylic oxidation sites excluding steroid dienone is 4. The highest BCUT2D eigenvalue weighted by atomic mass is 14.2. The monoisotopic (exact) mass is 204 g/mol. The maximum atomic E-state index is 2.51. The quantitative estimate of drug-likeness (QED) is 0.567. The Labute approximate surface area is 94.5 Å². The average molecular weight is 204 g/mol. The third kappa shape index (κ3) is 3.22. The van der Waals surface area contributed by atoms with E-state index in [9.17, 15) is 0 Å². The van der Waals surface area contributed by atoms with E-state index in [1.54, 1.807) is 11.1 Å². The summed E-state index contributed by atoms with van der Waals surface area (Å²) < 4.78 is 0. The van der Waals surface area contributed by atoms with Crippen molar-refractivity contribution in [3.63, 3.8) is 0 Å². The average Bonchev–Trinajstić information content (AvgIpc) is 2.31. The van der Waals surface area contributed by atoms with E-state index >= 15 is 0 Å². The zero-order valence-corrected chi connectivity index (χ0v) is 10.1. The Bertz CT molecular complexity index is 257. The second-order valence-electron chi connectivity index (χ2n) is 5.24. The van der Waals surface area contributed by atoms with Crippen LogP contribution in [-0.2, 0) is 0 Å². The van der Waals surface area contributed by atoms with Crippen molar-refractivity contribution in [2.45, 2.75) is 64.7 Å². The topological polar surface area (TPSA) is 0 Å². The van der Waals surface area contributed by atoms with Gasteiger partial charge in [0.05, 0.1) is 0 Å². The predicted molar refractivity (Wildman–Crippen MR) is 66.9 cm³/mol. The molecule has 1 unspecified atom stereocenters. The largest absolute Gasteiger partial charge is 0.0853 e. The van der Waals surface area contributed by atoms with Crippen molar-refractivity contribution in [1.29, 1.82) is 0 Å². The molecule has 0 aromatic rings. The van der Waals surface area contributed by atoms with Gasteiger partial charge in [0.1, 0.15) is 0 Å². The molecule has 0 aromatic carbocycles. The number of hydrogen-bond donors (Lipinski definition) is 0. The van der Waals surface area contributed by atoms with Crippen LogP contribution in [-0.4, -0.2) is 0 Å². The molecule has 0 radical (unpaired) electrons. The lowest BCUT2D eigenvalue weighted by molar-refractivity contribution is 0.559. The molecule has 1 atom stereocenters. The summed E-state index contributed by atoms with van der Waals surface area (Å²) in [6.45, 7) is 2.42. The van der Waals surface area contributed by atoms with Crippen molar-refractivity contribution in [2.24, 2.45) is 5.92 Å². The molecule has 0 spiro atoms. The molecule has 0 saturated heterocycles. The van der Waals surface area contributed by atoms with Crippen molar-refractivity contribution in [2.75, 3.05) is 0 Å². The van der Waals surface area contributed by atoms with E-state index in [0.717, 1.165) is 5.92 Å². The SMILES string of the molecule is CC(CC1=CCCCC1)C1=CCCCC1. The first kappa shape index (κ1) is 11.0. The van der Waals surface area contributed by atoms with E-state index in [1.807, 2.05) is 0 Å². The van der Waals surface area contributed by atoms with Crippen molar-refractivity contribution < 1.29 is 0 Å². The first-order valence-electron chi connectivity index (χ1n) is 6.73. The predicted octanol–water partition coefficient (Wildman–Crippen LogP) is 5.01. The zero-order valence-electron chi connectivity index (χ0n) is 10.1. The van der Waals surface area contributed by atoms with E-state index in [1.165, 1.54) is 57.8 Å². The molecule has 0 nitrogen and oxygen atoms in total. The molecule has 0 heteroatoms. The summed E-state index contributed by atoms with van der Waals surface area (Å²) >= 11 is 0. The molecular weight excluding hydrogens is 180 g/mol. The lowest BCUT2D eigenvalue weighted by atomic mass is 9.84. The van der Waals surface area contributed by atoms with Gasteiger partial charge in [-0.2, -0.15) is 0 Å². The van der Waals surface area contributed by atoms with Gasteiger partial charge in [0.25, 0.3) is 0 Å². The van der Waals surface area contributed by atoms with E-state index < -0.39 is 0 Å². The van der Waals surface area contributed by atoms with Gasteiger partial charge in [-0.1, -0.05) is 30.2 Å². The number of rotatable bonds is 3. The van der Waals surface area contributed by atoms with Crippen LogP contribution in [0.5, 0.6) is 0 Å². The second-order valence-corrected chi connectivity index (χ2v) is 5.24. The van der Waals surface area contributed by atoms with Gasteiger partial charge in [-0.25, -0.2) is 0 Å². The fourth-order valence-electron chi connectivity index (χ4n) is 2.92. The van der Waals surface area contributed by atoms with E-state index in [-0.39, 0.29) is 0 Å². The molecule has 0 aliphatic heterocycles. The highest BCUT2D eigenvalue weighted by Gasteiger charge is 2.14. The molecule has 0 amide bonds. The van der Waals surface area contributed by atoms with Gasteiger partial charge in [-0.05, 0) is 63.7 Å². The van der Waals surface area contributed by atoms with Gasteiger partial charge >= 0.3 is 0 Å². The highest BCUT2D eigenvalue weighted by molar-refractivity contribution is 5.14. The van der Waals surface area contributed by atoms with Crippen LogP contribution in [0.3, 0.4) is 0 Å². The molecule has 0 fully saturated rings. The third-order valence-electron chi connectivity index (χ3n) is 3.91. The van der Waals surface area contributed by atoms with Crippen LogP contribution < -0.4 is 0 Å². The minimum absolute atomic E-state index is 0.814. The van der Waals surface area contributed by atoms with Crippen LogP contribution in [0.25, 0.3) is 0 Å². The summed E-state index contributed by atoms with van der Waals surface area (Å²) in [6, 6.07) is 0. The maximum absolute atomic E-state index is 2.51. The van der Waals surface area contributed by atoms with Crippen LogP contribution in [0.2, 0.25) is 0 Å². The molecule has 2 aliphatic carbocycles. The lowest BCUT2D eigenvalue weighted by Gasteiger charge is -2.22. The Morgan fingerprint density at radius 1 is 1.00 bits per heavy atom. The Morgan fingerprint density at radius 3 is 2.33 bits per heavy atom. The molecular formula is C15H24. The van der Waals surface area contributed by atoms with Gasteiger partial charge in [0.2, 0.25) is 0 Å². The summed E-state index contributed by atoms with van der Waals surface area (Å²) in [4.78, 5) is 0. The van der Waals surface area contributed by atoms with E-state index in [2.05, 4.69) is 19.1 Å². The molecule has 0 saturated carbocycles. The molecule has 0 N–H and O–H groups in total. The zero-order chi connectivity index (χ0) is 10.5. The third-order valence-corrected chi connectivity index (χ3v) is 3.91. The van der Waals surface area contributed by atoms with Crippen LogP contribution in [0.4, 0.5) is 0 Å². The molecule has 0 aromatic heterocycles. The second kappa shape index (κ2) is 5.53. The Kier molecular flexibility index (Phi) is 4.05. The molecule has 15 heavy (non-hydrogen) atoms. The van der Waals surface area contributed by atoms with Gasteiger partial charge in [0, 0.05) is 0 Å². The highest BCUT2D eigenvalue weighted by Crippen LogP contribution is 2.31. The van der Waals surface area contributed by atoms with Gasteiger partial charge in [-0.15, -0.1) is 0 Å². The standard InChI is InChI=1S/C15H24/c1-13(15-10-6-3-7-11-15)12-14-8-4-2-5-9-14/h8,10,13H,2-7,9,11-12H2,1H3. The van der Waals surface area contributed by atoms with Crippen molar-refractivity contribution in [1.82, 2.24) is 0 Å². The minimum Gasteiger partial charge on any atom is -0.0853 e. The fourth-order valence-corrected chi connectivity index (χ4v) is 2.92. The number of hydrogen-bond acceptors (Lipinski definition) is 0. The summed E-state index contributed by atoms with van der Waals surface area (Å²) in [5.41, 5.74) is 3.48. The van der Waals surface area contributed by atoms with Crippen molar-refractivity contribution >= 4 is 0 Å². The van der Waals surface area contributed by atoms with Crippen molar-refractivity contribution in [3.05, 3.63) is 23.3 Å². The fraction of sp³-hybridized carbons (Fsp3) is 0.733. The van der Waals surface area contributed by atoms with E-state index in [0.29, 0.717) is 0 Å². The van der Waals surface area contributed by atoms with Crippen LogP contribution in [0.1, 0.15) is 64.7 Å². The van der Waals surface area contributed by atoms with Gasteiger partial charge in [-0.3, -0.25) is 0 Å². The Hall–Kier alpha value is -0.520. The maximum Gasteiger partial charge on any atom is -0.0194 e. The normalized spacial score (nSPS) is 24.3. The first-order valence-corrected chi connectivity index (χ1v) is 6.73. The molecule has 2 rings (SSSR count). The molecule has 0 bridgehead atoms. The Balaban J connectivity index is 1.87. The smallest absolute Gasteiger partial charge is 0.0194 e. The summed E-state index contributed by atoms with van der Waals surface area (Å²) in [6.07, 6.45) is 17.4. The van der Waals surface area contributed by atoms with Crippen LogP contribution in [0.15, 0.2) is 23.3 Å². The van der Waals surface area contributed by atoms with Gasteiger partial charge < -0.3 is 0 Å². The summed E-state index contributed by atoms with van der Waals surface area (Å²) in [5, 5.41) is 0. The lowest BCUT2D eigenvalue weighted by Crippen LogP contribution is -2.05. The first-order chi connectivity index (χ1) is 7.36. The molecule has 2 aliphatic rings. The molecule has 84 valence electrons. The summed E-state index contributed by atoms with van der Waals surface area (Å²) in [5.74, 6) is 0.814.